The zero-order valence-electron chi connectivity index (χ0n) is 11.2. The quantitative estimate of drug-likeness (QED) is 0.857. The van der Waals surface area contributed by atoms with Gasteiger partial charge in [0.2, 0.25) is 0 Å². The molecule has 0 fully saturated rings. The first-order valence-corrected chi connectivity index (χ1v) is 6.19. The van der Waals surface area contributed by atoms with E-state index in [1.807, 2.05) is 0 Å². The van der Waals surface area contributed by atoms with Crippen LogP contribution in [0, 0.1) is 0 Å². The van der Waals surface area contributed by atoms with Crippen molar-refractivity contribution in [2.24, 2.45) is 0 Å². The summed E-state index contributed by atoms with van der Waals surface area (Å²) in [6.07, 6.45) is -3.57. The highest BCUT2D eigenvalue weighted by Gasteiger charge is 2.30. The molecular formula is C14H12F3NO4. The molecule has 2 rings (SSSR count). The minimum atomic E-state index is -4.71. The summed E-state index contributed by atoms with van der Waals surface area (Å²) in [6, 6.07) is 6.84. The molecule has 0 amide bonds. The van der Waals surface area contributed by atoms with Gasteiger partial charge < -0.3 is 19.6 Å². The Morgan fingerprint density at radius 1 is 1.23 bits per heavy atom. The van der Waals surface area contributed by atoms with Crippen LogP contribution in [-0.2, 0) is 13.1 Å². The molecule has 0 aliphatic rings. The van der Waals surface area contributed by atoms with Crippen molar-refractivity contribution in [1.82, 2.24) is 5.32 Å². The molecule has 1 aromatic carbocycles. The Morgan fingerprint density at radius 2 is 1.91 bits per heavy atom. The van der Waals surface area contributed by atoms with Crippen molar-refractivity contribution < 1.29 is 32.2 Å². The molecule has 2 N–H and O–H groups in total. The van der Waals surface area contributed by atoms with Crippen LogP contribution in [0.5, 0.6) is 5.75 Å². The summed E-state index contributed by atoms with van der Waals surface area (Å²) in [5, 5.41) is 11.7. The fraction of sp³-hybridized carbons (Fsp3) is 0.214. The maximum atomic E-state index is 12.0. The zero-order chi connectivity index (χ0) is 16.2. The van der Waals surface area contributed by atoms with Gasteiger partial charge in [-0.15, -0.1) is 13.2 Å². The Morgan fingerprint density at radius 3 is 2.45 bits per heavy atom. The second kappa shape index (κ2) is 6.52. The summed E-state index contributed by atoms with van der Waals surface area (Å²) in [5.74, 6) is -0.905. The number of hydrogen-bond acceptors (Lipinski definition) is 4. The predicted octanol–water partition coefficient (Wildman–Crippen LogP) is 3.17. The van der Waals surface area contributed by atoms with Gasteiger partial charge in [0.25, 0.3) is 0 Å². The molecule has 118 valence electrons. The third-order valence-corrected chi connectivity index (χ3v) is 2.69. The molecule has 0 spiro atoms. The van der Waals surface area contributed by atoms with E-state index < -0.39 is 12.3 Å². The van der Waals surface area contributed by atoms with Crippen LogP contribution < -0.4 is 10.1 Å². The highest BCUT2D eigenvalue weighted by molar-refractivity contribution is 5.87. The number of halogens is 3. The van der Waals surface area contributed by atoms with Crippen LogP contribution in [0.2, 0.25) is 0 Å². The third kappa shape index (κ3) is 4.81. The van der Waals surface area contributed by atoms with Gasteiger partial charge in [-0.05, 0) is 23.8 Å². The van der Waals surface area contributed by atoms with Gasteiger partial charge in [-0.2, -0.15) is 0 Å². The second-order valence-electron chi connectivity index (χ2n) is 4.40. The van der Waals surface area contributed by atoms with Crippen molar-refractivity contribution >= 4 is 5.97 Å². The van der Waals surface area contributed by atoms with E-state index in [2.05, 4.69) is 10.1 Å². The van der Waals surface area contributed by atoms with E-state index >= 15 is 0 Å². The van der Waals surface area contributed by atoms with Gasteiger partial charge in [0.15, 0.2) is 0 Å². The maximum Gasteiger partial charge on any atom is 0.573 e. The van der Waals surface area contributed by atoms with Gasteiger partial charge in [-0.25, -0.2) is 4.79 Å². The fourth-order valence-electron chi connectivity index (χ4n) is 1.72. The van der Waals surface area contributed by atoms with Crippen molar-refractivity contribution in [2.75, 3.05) is 0 Å². The lowest BCUT2D eigenvalue weighted by molar-refractivity contribution is -0.274. The predicted molar refractivity (Wildman–Crippen MR) is 69.3 cm³/mol. The van der Waals surface area contributed by atoms with Gasteiger partial charge in [0, 0.05) is 6.54 Å². The number of rotatable bonds is 6. The minimum Gasteiger partial charge on any atom is -0.478 e. The molecule has 2 aromatic rings. The van der Waals surface area contributed by atoms with Crippen LogP contribution in [-0.4, -0.2) is 17.4 Å². The third-order valence-electron chi connectivity index (χ3n) is 2.69. The van der Waals surface area contributed by atoms with E-state index in [0.29, 0.717) is 18.8 Å². The molecule has 0 saturated carbocycles. The van der Waals surface area contributed by atoms with Crippen molar-refractivity contribution in [2.45, 2.75) is 19.5 Å². The largest absolute Gasteiger partial charge is 0.573 e. The second-order valence-corrected chi connectivity index (χ2v) is 4.40. The summed E-state index contributed by atoms with van der Waals surface area (Å²) in [7, 11) is 0. The summed E-state index contributed by atoms with van der Waals surface area (Å²) < 4.78 is 44.8. The Bertz CT molecular complexity index is 634. The molecule has 22 heavy (non-hydrogen) atoms. The van der Waals surface area contributed by atoms with Crippen molar-refractivity contribution in [3.05, 3.63) is 53.5 Å². The van der Waals surface area contributed by atoms with Crippen LogP contribution in [0.1, 0.15) is 21.7 Å². The highest BCUT2D eigenvalue weighted by Crippen LogP contribution is 2.22. The van der Waals surface area contributed by atoms with Crippen molar-refractivity contribution in [3.8, 4) is 5.75 Å². The zero-order valence-corrected chi connectivity index (χ0v) is 11.2. The Hall–Kier alpha value is -2.48. The van der Waals surface area contributed by atoms with Crippen molar-refractivity contribution in [3.63, 3.8) is 0 Å². The summed E-state index contributed by atoms with van der Waals surface area (Å²) in [5.41, 5.74) is 0.810. The average Bonchev–Trinajstić information content (AvgIpc) is 2.88. The number of alkyl halides is 3. The van der Waals surface area contributed by atoms with E-state index in [4.69, 9.17) is 9.52 Å². The first-order chi connectivity index (χ1) is 10.3. The molecular weight excluding hydrogens is 303 g/mol. The number of carboxylic acid groups (broad SMARTS) is 1. The Kier molecular flexibility index (Phi) is 4.71. The van der Waals surface area contributed by atoms with E-state index in [1.54, 1.807) is 0 Å². The average molecular weight is 315 g/mol. The van der Waals surface area contributed by atoms with Crippen LogP contribution in [0.3, 0.4) is 0 Å². The maximum absolute atomic E-state index is 12.0. The standard InChI is InChI=1S/C14H12F3NO4/c15-14(16,17)22-11-3-1-9(2-4-11)6-18-7-12-5-10(8-21-12)13(19)20/h1-5,8,18H,6-7H2,(H,19,20). The van der Waals surface area contributed by atoms with Crippen LogP contribution in [0.15, 0.2) is 41.0 Å². The molecule has 0 atom stereocenters. The SMILES string of the molecule is O=C(O)c1coc(CNCc2ccc(OC(F)(F)F)cc2)c1. The number of benzene rings is 1. The molecule has 1 aromatic heterocycles. The van der Waals surface area contributed by atoms with Gasteiger partial charge >= 0.3 is 12.3 Å². The molecule has 0 aliphatic heterocycles. The van der Waals surface area contributed by atoms with E-state index in [-0.39, 0.29) is 11.3 Å². The van der Waals surface area contributed by atoms with Crippen LogP contribution in [0.25, 0.3) is 0 Å². The number of carbonyl (C=O) groups is 1. The molecule has 0 unspecified atom stereocenters. The highest BCUT2D eigenvalue weighted by atomic mass is 19.4. The molecule has 5 nitrogen and oxygen atoms in total. The van der Waals surface area contributed by atoms with Gasteiger partial charge in [0.1, 0.15) is 17.8 Å². The van der Waals surface area contributed by atoms with E-state index in [9.17, 15) is 18.0 Å². The lowest BCUT2D eigenvalue weighted by Crippen LogP contribution is -2.17. The number of nitrogens with one attached hydrogen (secondary N) is 1. The lowest BCUT2D eigenvalue weighted by atomic mass is 10.2. The van der Waals surface area contributed by atoms with Gasteiger partial charge in [-0.1, -0.05) is 12.1 Å². The molecule has 1 heterocycles. The summed E-state index contributed by atoms with van der Waals surface area (Å²) in [4.78, 5) is 10.7. The molecule has 8 heteroatoms. The van der Waals surface area contributed by atoms with E-state index in [1.165, 1.54) is 30.3 Å². The first kappa shape index (κ1) is 15.9. The smallest absolute Gasteiger partial charge is 0.478 e. The summed E-state index contributed by atoms with van der Waals surface area (Å²) in [6.45, 7) is 0.684. The van der Waals surface area contributed by atoms with Gasteiger partial charge in [0.05, 0.1) is 12.1 Å². The first-order valence-electron chi connectivity index (χ1n) is 6.19. The normalized spacial score (nSPS) is 11.4. The number of ether oxygens (including phenoxy) is 1. The Balaban J connectivity index is 1.82. The van der Waals surface area contributed by atoms with Crippen LogP contribution >= 0.6 is 0 Å². The fourth-order valence-corrected chi connectivity index (χ4v) is 1.72. The molecule has 0 aliphatic carbocycles. The number of furan rings is 1. The lowest BCUT2D eigenvalue weighted by Gasteiger charge is -2.09. The summed E-state index contributed by atoms with van der Waals surface area (Å²) >= 11 is 0. The van der Waals surface area contributed by atoms with Gasteiger partial charge in [-0.3, -0.25) is 0 Å². The molecule has 0 radical (unpaired) electrons. The van der Waals surface area contributed by atoms with E-state index in [0.717, 1.165) is 11.8 Å². The van der Waals surface area contributed by atoms with Crippen molar-refractivity contribution in [1.29, 1.82) is 0 Å². The van der Waals surface area contributed by atoms with Crippen LogP contribution in [0.4, 0.5) is 13.2 Å². The minimum absolute atomic E-state index is 0.0606. The molecule has 0 saturated heterocycles. The topological polar surface area (TPSA) is 71.7 Å². The number of carboxylic acids is 1. The number of hydrogen-bond donors (Lipinski definition) is 2. The number of aromatic carboxylic acids is 1. The molecule has 0 bridgehead atoms. The Labute approximate surface area is 123 Å². The monoisotopic (exact) mass is 315 g/mol.